The summed E-state index contributed by atoms with van der Waals surface area (Å²) in [7, 11) is 4.52. The maximum absolute atomic E-state index is 13.2. The third-order valence-electron chi connectivity index (χ3n) is 6.35. The smallest absolute Gasteiger partial charge is 0.252 e. The Morgan fingerprint density at radius 3 is 2.29 bits per heavy atom. The highest BCUT2D eigenvalue weighted by molar-refractivity contribution is 5.96. The minimum Gasteiger partial charge on any atom is -0.493 e. The van der Waals surface area contributed by atoms with E-state index in [9.17, 15) is 9.59 Å². The number of rotatable bonds is 8. The Morgan fingerprint density at radius 2 is 1.66 bits per heavy atom. The van der Waals surface area contributed by atoms with Gasteiger partial charge in [-0.25, -0.2) is 4.98 Å². The van der Waals surface area contributed by atoms with E-state index < -0.39 is 6.04 Å². The molecule has 0 aliphatic carbocycles. The Kier molecular flexibility index (Phi) is 7.43. The summed E-state index contributed by atoms with van der Waals surface area (Å²) in [5.41, 5.74) is 2.00. The van der Waals surface area contributed by atoms with Gasteiger partial charge >= 0.3 is 0 Å². The largest absolute Gasteiger partial charge is 0.493 e. The monoisotopic (exact) mass is 480 g/mol. The lowest BCUT2D eigenvalue weighted by molar-refractivity contribution is -0.132. The van der Waals surface area contributed by atoms with Crippen molar-refractivity contribution in [2.45, 2.75) is 38.8 Å². The molecule has 2 heterocycles. The number of ether oxygens (including phenoxy) is 3. The second-order valence-electron chi connectivity index (χ2n) is 8.60. The number of hydrogen-bond donors (Lipinski definition) is 1. The molecule has 35 heavy (non-hydrogen) atoms. The molecule has 1 aromatic heterocycles. The van der Waals surface area contributed by atoms with Crippen molar-refractivity contribution in [2.24, 2.45) is 0 Å². The zero-order valence-electron chi connectivity index (χ0n) is 20.7. The van der Waals surface area contributed by atoms with Crippen LogP contribution in [0, 0.1) is 0 Å². The van der Waals surface area contributed by atoms with Gasteiger partial charge in [-0.3, -0.25) is 9.59 Å². The van der Waals surface area contributed by atoms with Gasteiger partial charge < -0.3 is 29.0 Å². The fraction of sp³-hybridized carbons (Fsp3) is 0.423. The number of fused-ring (bicyclic) bond motifs is 1. The summed E-state index contributed by atoms with van der Waals surface area (Å²) in [6.07, 6.45) is 3.22. The summed E-state index contributed by atoms with van der Waals surface area (Å²) < 4.78 is 18.0. The number of para-hydroxylation sites is 2. The first-order chi connectivity index (χ1) is 17.0. The molecule has 1 fully saturated rings. The van der Waals surface area contributed by atoms with Crippen molar-refractivity contribution in [3.63, 3.8) is 0 Å². The van der Waals surface area contributed by atoms with E-state index in [0.717, 1.165) is 43.4 Å². The van der Waals surface area contributed by atoms with Gasteiger partial charge in [0.2, 0.25) is 11.7 Å². The van der Waals surface area contributed by atoms with E-state index in [0.29, 0.717) is 28.6 Å². The van der Waals surface area contributed by atoms with Gasteiger partial charge in [-0.2, -0.15) is 0 Å². The van der Waals surface area contributed by atoms with Crippen LogP contribution in [-0.4, -0.2) is 60.7 Å². The van der Waals surface area contributed by atoms with Crippen LogP contribution in [0.25, 0.3) is 11.0 Å². The molecule has 1 aliphatic heterocycles. The van der Waals surface area contributed by atoms with Crippen LogP contribution in [0.1, 0.15) is 48.4 Å². The highest BCUT2D eigenvalue weighted by Crippen LogP contribution is 2.38. The molecule has 2 aromatic carbocycles. The molecule has 1 N–H and O–H groups in total. The molecule has 1 atom stereocenters. The van der Waals surface area contributed by atoms with Crippen molar-refractivity contribution in [3.05, 3.63) is 47.8 Å². The van der Waals surface area contributed by atoms with Crippen LogP contribution in [0.4, 0.5) is 0 Å². The Labute approximate surface area is 205 Å². The highest BCUT2D eigenvalue weighted by atomic mass is 16.5. The highest BCUT2D eigenvalue weighted by Gasteiger charge is 2.24. The van der Waals surface area contributed by atoms with Gasteiger partial charge in [0.25, 0.3) is 5.91 Å². The van der Waals surface area contributed by atoms with Gasteiger partial charge in [0.1, 0.15) is 12.4 Å². The van der Waals surface area contributed by atoms with Gasteiger partial charge in [0.05, 0.1) is 38.4 Å². The van der Waals surface area contributed by atoms with Crippen LogP contribution in [0.3, 0.4) is 0 Å². The maximum Gasteiger partial charge on any atom is 0.252 e. The molecular formula is C26H32N4O5. The number of carbonyl (C=O) groups excluding carboxylic acids is 2. The van der Waals surface area contributed by atoms with Gasteiger partial charge in [-0.15, -0.1) is 0 Å². The number of carbonyl (C=O) groups is 2. The van der Waals surface area contributed by atoms with E-state index >= 15 is 0 Å². The number of nitrogens with one attached hydrogen (secondary N) is 1. The first kappa shape index (κ1) is 24.4. The van der Waals surface area contributed by atoms with Gasteiger partial charge in [-0.05, 0) is 50.5 Å². The maximum atomic E-state index is 13.2. The van der Waals surface area contributed by atoms with Crippen LogP contribution in [0.2, 0.25) is 0 Å². The average molecular weight is 481 g/mol. The summed E-state index contributed by atoms with van der Waals surface area (Å²) in [4.78, 5) is 32.9. The fourth-order valence-corrected chi connectivity index (χ4v) is 4.53. The normalized spacial score (nSPS) is 14.5. The molecule has 9 nitrogen and oxygen atoms in total. The van der Waals surface area contributed by atoms with Gasteiger partial charge in [-0.1, -0.05) is 12.1 Å². The molecule has 4 rings (SSSR count). The molecule has 1 aliphatic rings. The number of imidazole rings is 1. The Morgan fingerprint density at radius 1 is 1.00 bits per heavy atom. The summed E-state index contributed by atoms with van der Waals surface area (Å²) in [5.74, 6) is 1.57. The minimum absolute atomic E-state index is 0.0669. The number of aromatic nitrogens is 2. The zero-order valence-corrected chi connectivity index (χ0v) is 20.7. The molecule has 1 saturated heterocycles. The number of nitrogens with zero attached hydrogens (tertiary/aromatic N) is 3. The van der Waals surface area contributed by atoms with Gasteiger partial charge in [0, 0.05) is 18.7 Å². The van der Waals surface area contributed by atoms with Crippen LogP contribution in [0.5, 0.6) is 17.2 Å². The number of amides is 2. The van der Waals surface area contributed by atoms with E-state index in [1.54, 1.807) is 12.1 Å². The number of piperidine rings is 1. The van der Waals surface area contributed by atoms with E-state index in [4.69, 9.17) is 19.2 Å². The SMILES string of the molecule is COc1cc(C(=O)NC(C)c2nc3ccccc3n2CC(=O)N2CCCCC2)cc(OC)c1OC. The van der Waals surface area contributed by atoms with Crippen molar-refractivity contribution < 1.29 is 23.8 Å². The summed E-state index contributed by atoms with van der Waals surface area (Å²) >= 11 is 0. The molecular weight excluding hydrogens is 448 g/mol. The standard InChI is InChI=1S/C26H32N4O5/c1-17(27-26(32)18-14-21(33-2)24(35-4)22(15-18)34-3)25-28-19-10-6-7-11-20(19)30(25)16-23(31)29-12-8-5-9-13-29/h6-7,10-11,14-15,17H,5,8-9,12-13,16H2,1-4H3,(H,27,32). The second-order valence-corrected chi connectivity index (χ2v) is 8.60. The Hall–Kier alpha value is -3.75. The summed E-state index contributed by atoms with van der Waals surface area (Å²) in [6.45, 7) is 3.61. The Balaban J connectivity index is 1.61. The zero-order chi connectivity index (χ0) is 24.9. The lowest BCUT2D eigenvalue weighted by Crippen LogP contribution is -2.38. The fourth-order valence-electron chi connectivity index (χ4n) is 4.53. The molecule has 9 heteroatoms. The predicted octanol–water partition coefficient (Wildman–Crippen LogP) is 3.57. The quantitative estimate of drug-likeness (QED) is 0.530. The van der Waals surface area contributed by atoms with Crippen LogP contribution >= 0.6 is 0 Å². The summed E-state index contributed by atoms with van der Waals surface area (Å²) in [5, 5.41) is 3.01. The molecule has 2 amide bonds. The predicted molar refractivity (Wildman–Crippen MR) is 132 cm³/mol. The molecule has 0 radical (unpaired) electrons. The van der Waals surface area contributed by atoms with Gasteiger partial charge in [0.15, 0.2) is 11.5 Å². The lowest BCUT2D eigenvalue weighted by Gasteiger charge is -2.27. The van der Waals surface area contributed by atoms with Crippen LogP contribution < -0.4 is 19.5 Å². The topological polar surface area (TPSA) is 94.9 Å². The number of methoxy groups -OCH3 is 3. The number of hydrogen-bond acceptors (Lipinski definition) is 6. The lowest BCUT2D eigenvalue weighted by atomic mass is 10.1. The first-order valence-corrected chi connectivity index (χ1v) is 11.8. The second kappa shape index (κ2) is 10.7. The molecule has 3 aromatic rings. The van der Waals surface area contributed by atoms with Crippen molar-refractivity contribution in [1.29, 1.82) is 0 Å². The average Bonchev–Trinajstić information content (AvgIpc) is 3.26. The number of benzene rings is 2. The van der Waals surface area contributed by atoms with Crippen molar-refractivity contribution in [1.82, 2.24) is 19.8 Å². The van der Waals surface area contributed by atoms with Crippen LogP contribution in [-0.2, 0) is 11.3 Å². The molecule has 1 unspecified atom stereocenters. The van der Waals surface area contributed by atoms with Crippen molar-refractivity contribution in [2.75, 3.05) is 34.4 Å². The third-order valence-corrected chi connectivity index (χ3v) is 6.35. The molecule has 0 saturated carbocycles. The van der Waals surface area contributed by atoms with Crippen molar-refractivity contribution >= 4 is 22.8 Å². The van der Waals surface area contributed by atoms with Crippen LogP contribution in [0.15, 0.2) is 36.4 Å². The Bertz CT molecular complexity index is 1190. The van der Waals surface area contributed by atoms with E-state index in [1.807, 2.05) is 40.7 Å². The van der Waals surface area contributed by atoms with Crippen molar-refractivity contribution in [3.8, 4) is 17.2 Å². The third kappa shape index (κ3) is 5.03. The molecule has 186 valence electrons. The van der Waals surface area contributed by atoms with E-state index in [-0.39, 0.29) is 18.4 Å². The molecule has 0 bridgehead atoms. The summed E-state index contributed by atoms with van der Waals surface area (Å²) in [6, 6.07) is 10.4. The van der Waals surface area contributed by atoms with E-state index in [2.05, 4.69) is 5.32 Å². The van der Waals surface area contributed by atoms with E-state index in [1.165, 1.54) is 21.3 Å². The molecule has 0 spiro atoms. The first-order valence-electron chi connectivity index (χ1n) is 11.8. The minimum atomic E-state index is -0.455. The number of likely N-dealkylation sites (tertiary alicyclic amines) is 1.